The molecule has 0 bridgehead atoms. The van der Waals surface area contributed by atoms with Crippen molar-refractivity contribution in [1.29, 1.82) is 0 Å². The first-order chi connectivity index (χ1) is 16.8. The van der Waals surface area contributed by atoms with Gasteiger partial charge in [-0.15, -0.1) is 11.8 Å². The predicted molar refractivity (Wildman–Crippen MR) is 155 cm³/mol. The van der Waals surface area contributed by atoms with Gasteiger partial charge in [-0.1, -0.05) is 41.0 Å². The van der Waals surface area contributed by atoms with Gasteiger partial charge in [-0.2, -0.15) is 5.06 Å². The molecule has 0 atom stereocenters. The Morgan fingerprint density at radius 2 is 1.58 bits per heavy atom. The van der Waals surface area contributed by atoms with Crippen LogP contribution in [0.5, 0.6) is 0 Å². The number of hydrogen-bond acceptors (Lipinski definition) is 4. The predicted octanol–water partition coefficient (Wildman–Crippen LogP) is 8.34. The molecule has 2 rings (SSSR count). The minimum atomic E-state index is -0.387. The highest BCUT2D eigenvalue weighted by molar-refractivity contribution is 7.99. The van der Waals surface area contributed by atoms with Crippen molar-refractivity contribution in [2.24, 2.45) is 0 Å². The molecule has 1 aliphatic heterocycles. The fourth-order valence-corrected chi connectivity index (χ4v) is 5.93. The molecule has 1 aromatic rings. The van der Waals surface area contributed by atoms with Crippen LogP contribution < -0.4 is 5.32 Å². The lowest BCUT2D eigenvalue weighted by atomic mass is 9.79. The molecule has 0 radical (unpaired) electrons. The number of hydroxylamine groups is 2. The highest BCUT2D eigenvalue weighted by Gasteiger charge is 2.45. The van der Waals surface area contributed by atoms with Crippen LogP contribution in [0.4, 0.5) is 0 Å². The van der Waals surface area contributed by atoms with Crippen LogP contribution in [0.25, 0.3) is 0 Å². The molecule has 36 heavy (non-hydrogen) atoms. The Bertz CT molecular complexity index is 953. The number of rotatable bonds is 11. The van der Waals surface area contributed by atoms with E-state index in [0.29, 0.717) is 18.4 Å². The van der Waals surface area contributed by atoms with E-state index < -0.39 is 0 Å². The van der Waals surface area contributed by atoms with Crippen molar-refractivity contribution in [3.63, 3.8) is 0 Å². The van der Waals surface area contributed by atoms with E-state index in [1.165, 1.54) is 21.8 Å². The number of amides is 1. The third-order valence-electron chi connectivity index (χ3n) is 6.87. The zero-order chi connectivity index (χ0) is 26.9. The molecule has 0 aliphatic carbocycles. The van der Waals surface area contributed by atoms with Gasteiger partial charge < -0.3 is 10.5 Å². The molecule has 1 aliphatic rings. The average Bonchev–Trinajstić information content (AvgIpc) is 2.77. The molecule has 0 saturated carbocycles. The van der Waals surface area contributed by atoms with Crippen molar-refractivity contribution in [2.45, 2.75) is 116 Å². The Hall–Kier alpha value is -1.82. The summed E-state index contributed by atoms with van der Waals surface area (Å²) in [5.41, 5.74) is 4.19. The second-order valence-corrected chi connectivity index (χ2v) is 12.9. The molecule has 0 spiro atoms. The van der Waals surface area contributed by atoms with Crippen molar-refractivity contribution in [2.75, 3.05) is 5.75 Å². The molecule has 0 unspecified atom stereocenters. The van der Waals surface area contributed by atoms with E-state index in [1.807, 2.05) is 45.9 Å². The number of nitrogens with zero attached hydrogens (tertiary/aromatic N) is 1. The first-order valence-electron chi connectivity index (χ1n) is 13.3. The first-order valence-corrected chi connectivity index (χ1v) is 14.3. The minimum absolute atomic E-state index is 0.0257. The summed E-state index contributed by atoms with van der Waals surface area (Å²) in [7, 11) is 0. The Kier molecular flexibility index (Phi) is 11.5. The maximum Gasteiger partial charge on any atom is 0.251 e. The van der Waals surface area contributed by atoms with E-state index in [9.17, 15) is 10.0 Å². The van der Waals surface area contributed by atoms with Gasteiger partial charge in [0, 0.05) is 33.3 Å². The maximum absolute atomic E-state index is 13.0. The molecular formula is C31H48N2O2S. The Morgan fingerprint density at radius 1 is 1.00 bits per heavy atom. The molecule has 1 heterocycles. The summed E-state index contributed by atoms with van der Waals surface area (Å²) in [5.74, 6) is 0.858. The van der Waals surface area contributed by atoms with Gasteiger partial charge in [-0.3, -0.25) is 4.79 Å². The fraction of sp³-hybridized carbons (Fsp3) is 0.581. The van der Waals surface area contributed by atoms with Gasteiger partial charge >= 0.3 is 0 Å². The molecular weight excluding hydrogens is 464 g/mol. The molecule has 1 amide bonds. The Morgan fingerprint density at radius 3 is 2.19 bits per heavy atom. The number of nitrogens with one attached hydrogen (secondary N) is 1. The lowest BCUT2D eigenvalue weighted by Crippen LogP contribution is -2.62. The number of piperidine rings is 1. The van der Waals surface area contributed by atoms with Gasteiger partial charge in [0.25, 0.3) is 5.91 Å². The van der Waals surface area contributed by atoms with Crippen LogP contribution in [-0.2, 0) is 0 Å². The van der Waals surface area contributed by atoms with Gasteiger partial charge in [0.2, 0.25) is 0 Å². The summed E-state index contributed by atoms with van der Waals surface area (Å²) in [5, 5.41) is 15.2. The summed E-state index contributed by atoms with van der Waals surface area (Å²) in [6.07, 6.45) is 12.8. The number of thioether (sulfide) groups is 1. The Labute approximate surface area is 224 Å². The SMILES string of the molecule is CC(C)=CCC/C(C)=C/CC/C(C)=C/CSc1cccc(C(=O)NC2CC(C)(C)N(O)C(C)(C)C2)c1. The fourth-order valence-electron chi connectivity index (χ4n) is 4.99. The standard InChI is InChI=1S/C31H48N2O2S/c1-23(2)12-9-13-24(3)14-10-15-25(4)18-19-36-28-17-11-16-26(20-28)29(34)32-27-21-30(5,6)33(35)31(7,8)22-27/h11-12,14,16-18,20,27,35H,9-10,13,15,19,21-22H2,1-8H3,(H,32,34)/b24-14+,25-18+. The van der Waals surface area contributed by atoms with Gasteiger partial charge in [0.1, 0.15) is 0 Å². The zero-order valence-electron chi connectivity index (χ0n) is 23.8. The van der Waals surface area contributed by atoms with Crippen molar-refractivity contribution in [3.05, 3.63) is 64.8 Å². The lowest BCUT2D eigenvalue weighted by Gasteiger charge is -2.51. The summed E-state index contributed by atoms with van der Waals surface area (Å²) < 4.78 is 0. The summed E-state index contributed by atoms with van der Waals surface area (Å²) in [6.45, 7) is 16.8. The largest absolute Gasteiger partial charge is 0.349 e. The summed E-state index contributed by atoms with van der Waals surface area (Å²) in [6, 6.07) is 7.92. The lowest BCUT2D eigenvalue weighted by molar-refractivity contribution is -0.245. The number of allylic oxidation sites excluding steroid dienone is 5. The van der Waals surface area contributed by atoms with Crippen LogP contribution >= 0.6 is 11.8 Å². The minimum Gasteiger partial charge on any atom is -0.349 e. The summed E-state index contributed by atoms with van der Waals surface area (Å²) in [4.78, 5) is 14.1. The smallest absolute Gasteiger partial charge is 0.251 e. The third kappa shape index (κ3) is 9.91. The second-order valence-electron chi connectivity index (χ2n) is 11.8. The number of carbonyl (C=O) groups is 1. The van der Waals surface area contributed by atoms with E-state index in [0.717, 1.165) is 36.3 Å². The quantitative estimate of drug-likeness (QED) is 0.231. The van der Waals surface area contributed by atoms with E-state index in [4.69, 9.17) is 0 Å². The van der Waals surface area contributed by atoms with Crippen LogP contribution in [-0.4, -0.2) is 39.1 Å². The third-order valence-corrected chi connectivity index (χ3v) is 7.80. The molecule has 200 valence electrons. The molecule has 2 N–H and O–H groups in total. The van der Waals surface area contributed by atoms with E-state index in [-0.39, 0.29) is 23.0 Å². The zero-order valence-corrected chi connectivity index (χ0v) is 24.6. The molecule has 1 fully saturated rings. The van der Waals surface area contributed by atoms with Crippen LogP contribution in [0.3, 0.4) is 0 Å². The van der Waals surface area contributed by atoms with Gasteiger partial charge in [-0.25, -0.2) is 0 Å². The van der Waals surface area contributed by atoms with E-state index in [1.54, 1.807) is 11.8 Å². The molecule has 1 saturated heterocycles. The monoisotopic (exact) mass is 512 g/mol. The average molecular weight is 513 g/mol. The Balaban J connectivity index is 1.84. The molecule has 4 nitrogen and oxygen atoms in total. The number of carbonyl (C=O) groups excluding carboxylic acids is 1. The van der Waals surface area contributed by atoms with Crippen LogP contribution in [0.15, 0.2) is 64.1 Å². The molecule has 0 aromatic heterocycles. The van der Waals surface area contributed by atoms with Crippen molar-refractivity contribution >= 4 is 17.7 Å². The van der Waals surface area contributed by atoms with Crippen LogP contribution in [0.2, 0.25) is 0 Å². The van der Waals surface area contributed by atoms with Crippen molar-refractivity contribution < 1.29 is 10.0 Å². The highest BCUT2D eigenvalue weighted by atomic mass is 32.2. The normalized spacial score (nSPS) is 18.7. The van der Waals surface area contributed by atoms with E-state index >= 15 is 0 Å². The van der Waals surface area contributed by atoms with Gasteiger partial charge in [0.05, 0.1) is 0 Å². The number of hydrogen-bond donors (Lipinski definition) is 2. The first kappa shape index (κ1) is 30.4. The number of benzene rings is 1. The molecule has 5 heteroatoms. The second kappa shape index (κ2) is 13.6. The van der Waals surface area contributed by atoms with Crippen molar-refractivity contribution in [1.82, 2.24) is 10.4 Å². The van der Waals surface area contributed by atoms with Crippen LogP contribution in [0, 0.1) is 0 Å². The molecule has 1 aromatic carbocycles. The van der Waals surface area contributed by atoms with Crippen molar-refractivity contribution in [3.8, 4) is 0 Å². The van der Waals surface area contributed by atoms with Gasteiger partial charge in [-0.05, 0) is 112 Å². The van der Waals surface area contributed by atoms with E-state index in [2.05, 4.69) is 57.3 Å². The topological polar surface area (TPSA) is 52.6 Å². The maximum atomic E-state index is 13.0. The van der Waals surface area contributed by atoms with Crippen LogP contribution in [0.1, 0.15) is 104 Å². The summed E-state index contributed by atoms with van der Waals surface area (Å²) >= 11 is 1.76. The van der Waals surface area contributed by atoms with Gasteiger partial charge in [0.15, 0.2) is 0 Å². The highest BCUT2D eigenvalue weighted by Crippen LogP contribution is 2.36.